The van der Waals surface area contributed by atoms with Gasteiger partial charge in [0.1, 0.15) is 0 Å². The van der Waals surface area contributed by atoms with Gasteiger partial charge in [-0.15, -0.1) is 0 Å². The Morgan fingerprint density at radius 1 is 1.38 bits per heavy atom. The zero-order valence-corrected chi connectivity index (χ0v) is 12.3. The number of hydrogen-bond donors (Lipinski definition) is 1. The Bertz CT molecular complexity index is 579. The fourth-order valence-electron chi connectivity index (χ4n) is 2.47. The highest BCUT2D eigenvalue weighted by atomic mass is 35.5. The number of hydrogen-bond acceptors (Lipinski definition) is 3. The van der Waals surface area contributed by atoms with E-state index in [4.69, 9.17) is 16.3 Å². The van der Waals surface area contributed by atoms with Gasteiger partial charge >= 0.3 is 0 Å². The fraction of sp³-hybridized carbons (Fsp3) is 0.400. The van der Waals surface area contributed by atoms with Gasteiger partial charge in [-0.25, -0.2) is 4.39 Å². The molecule has 4 nitrogen and oxygen atoms in total. The summed E-state index contributed by atoms with van der Waals surface area (Å²) in [4.78, 5) is 0. The average molecular weight is 310 g/mol. The Morgan fingerprint density at radius 2 is 2.19 bits per heavy atom. The first-order valence-electron chi connectivity index (χ1n) is 6.96. The van der Waals surface area contributed by atoms with Gasteiger partial charge in [0.25, 0.3) is 0 Å². The molecule has 112 valence electrons. The van der Waals surface area contributed by atoms with E-state index in [9.17, 15) is 4.39 Å². The van der Waals surface area contributed by atoms with Crippen molar-refractivity contribution in [2.75, 3.05) is 13.2 Å². The molecule has 0 saturated carbocycles. The summed E-state index contributed by atoms with van der Waals surface area (Å²) in [5.41, 5.74) is 1.23. The molecule has 21 heavy (non-hydrogen) atoms. The molecule has 1 fully saturated rings. The summed E-state index contributed by atoms with van der Waals surface area (Å²) < 4.78 is 20.3. The zero-order valence-electron chi connectivity index (χ0n) is 11.5. The molecule has 1 aliphatic rings. The summed E-state index contributed by atoms with van der Waals surface area (Å²) in [6.45, 7) is 1.93. The maximum absolute atomic E-state index is 12.9. The second-order valence-electron chi connectivity index (χ2n) is 5.27. The molecule has 1 N–H and O–H groups in total. The minimum absolute atomic E-state index is 0.0192. The molecule has 0 bridgehead atoms. The summed E-state index contributed by atoms with van der Waals surface area (Å²) in [5, 5.41) is 8.14. The van der Waals surface area contributed by atoms with E-state index >= 15 is 0 Å². The van der Waals surface area contributed by atoms with E-state index in [1.165, 1.54) is 18.0 Å². The van der Waals surface area contributed by atoms with E-state index in [1.54, 1.807) is 4.68 Å². The summed E-state index contributed by atoms with van der Waals surface area (Å²) in [6.07, 6.45) is 3.51. The van der Waals surface area contributed by atoms with Crippen molar-refractivity contribution in [2.45, 2.75) is 25.1 Å². The van der Waals surface area contributed by atoms with Crippen molar-refractivity contribution in [1.82, 2.24) is 15.1 Å². The van der Waals surface area contributed by atoms with Gasteiger partial charge in [-0.1, -0.05) is 23.7 Å². The predicted octanol–water partition coefficient (Wildman–Crippen LogP) is 2.28. The molecule has 3 rings (SSSR count). The molecule has 0 unspecified atom stereocenters. The quantitative estimate of drug-likeness (QED) is 0.942. The molecular formula is C15H17ClFN3O. The van der Waals surface area contributed by atoms with Crippen LogP contribution in [-0.4, -0.2) is 35.1 Å². The Kier molecular flexibility index (Phi) is 4.53. The number of benzene rings is 1. The van der Waals surface area contributed by atoms with Gasteiger partial charge in [-0.05, 0) is 24.1 Å². The predicted molar refractivity (Wildman–Crippen MR) is 78.9 cm³/mol. The molecule has 2 heterocycles. The van der Waals surface area contributed by atoms with Crippen molar-refractivity contribution in [2.24, 2.45) is 0 Å². The van der Waals surface area contributed by atoms with Gasteiger partial charge < -0.3 is 10.1 Å². The van der Waals surface area contributed by atoms with Crippen molar-refractivity contribution in [1.29, 1.82) is 0 Å². The first-order valence-corrected chi connectivity index (χ1v) is 7.34. The number of aromatic nitrogens is 2. The molecule has 2 aromatic rings. The maximum Gasteiger partial charge on any atom is 0.161 e. The summed E-state index contributed by atoms with van der Waals surface area (Å²) in [6, 6.07) is 8.15. The lowest BCUT2D eigenvalue weighted by molar-refractivity contribution is -0.00650. The van der Waals surface area contributed by atoms with E-state index in [0.717, 1.165) is 18.0 Å². The van der Waals surface area contributed by atoms with Crippen LogP contribution < -0.4 is 5.32 Å². The summed E-state index contributed by atoms with van der Waals surface area (Å²) >= 11 is 5.88. The number of nitrogens with one attached hydrogen (secondary N) is 1. The molecule has 0 aliphatic carbocycles. The van der Waals surface area contributed by atoms with Crippen LogP contribution in [0.2, 0.25) is 5.02 Å². The smallest absolute Gasteiger partial charge is 0.161 e. The Hall–Kier alpha value is -1.43. The van der Waals surface area contributed by atoms with Crippen molar-refractivity contribution in [3.05, 3.63) is 53.1 Å². The second-order valence-corrected chi connectivity index (χ2v) is 5.71. The van der Waals surface area contributed by atoms with Crippen LogP contribution >= 0.6 is 11.6 Å². The monoisotopic (exact) mass is 309 g/mol. The highest BCUT2D eigenvalue weighted by molar-refractivity contribution is 6.30. The Morgan fingerprint density at radius 3 is 2.81 bits per heavy atom. The molecule has 0 spiro atoms. The summed E-state index contributed by atoms with van der Waals surface area (Å²) in [5.74, 6) is -0.320. The van der Waals surface area contributed by atoms with E-state index in [1.807, 2.05) is 24.3 Å². The van der Waals surface area contributed by atoms with Crippen LogP contribution in [0.3, 0.4) is 0 Å². The standard InChI is InChI=1S/C15H17ClFN3O/c16-12-3-1-11(2-4-12)5-14-10-21-15(7-18-14)9-20-8-13(17)6-19-20/h1-4,6,8,14-15,18H,5,7,9-10H2/t14-,15+/m0/s1. The number of halogens is 2. The molecule has 0 radical (unpaired) electrons. The lowest BCUT2D eigenvalue weighted by Crippen LogP contribution is -2.48. The molecule has 1 saturated heterocycles. The molecule has 1 aromatic heterocycles. The lowest BCUT2D eigenvalue weighted by atomic mass is 10.1. The molecule has 0 amide bonds. The van der Waals surface area contributed by atoms with E-state index in [-0.39, 0.29) is 18.0 Å². The minimum atomic E-state index is -0.320. The SMILES string of the molecule is Fc1cnn(C[C@H]2CN[C@@H](Cc3ccc(Cl)cc3)CO2)c1. The van der Waals surface area contributed by atoms with Crippen molar-refractivity contribution in [3.8, 4) is 0 Å². The first-order chi connectivity index (χ1) is 10.2. The van der Waals surface area contributed by atoms with Gasteiger partial charge in [0.15, 0.2) is 5.82 Å². The normalized spacial score (nSPS) is 22.4. The van der Waals surface area contributed by atoms with Gasteiger partial charge in [0.2, 0.25) is 0 Å². The number of nitrogens with zero attached hydrogens (tertiary/aromatic N) is 2. The van der Waals surface area contributed by atoms with Crippen LogP contribution in [0.4, 0.5) is 4.39 Å². The van der Waals surface area contributed by atoms with Gasteiger partial charge in [0.05, 0.1) is 31.6 Å². The van der Waals surface area contributed by atoms with Crippen LogP contribution in [-0.2, 0) is 17.7 Å². The minimum Gasteiger partial charge on any atom is -0.373 e. The zero-order chi connectivity index (χ0) is 14.7. The largest absolute Gasteiger partial charge is 0.373 e. The van der Waals surface area contributed by atoms with Crippen molar-refractivity contribution < 1.29 is 9.13 Å². The van der Waals surface area contributed by atoms with Crippen molar-refractivity contribution >= 4 is 11.6 Å². The number of rotatable bonds is 4. The van der Waals surface area contributed by atoms with Crippen LogP contribution in [0, 0.1) is 5.82 Å². The Balaban J connectivity index is 1.47. The fourth-order valence-corrected chi connectivity index (χ4v) is 2.59. The lowest BCUT2D eigenvalue weighted by Gasteiger charge is -2.30. The molecular weight excluding hydrogens is 293 g/mol. The highest BCUT2D eigenvalue weighted by Crippen LogP contribution is 2.13. The van der Waals surface area contributed by atoms with E-state index in [0.29, 0.717) is 13.2 Å². The average Bonchev–Trinajstić information content (AvgIpc) is 2.89. The third-order valence-corrected chi connectivity index (χ3v) is 3.81. The topological polar surface area (TPSA) is 39.1 Å². The van der Waals surface area contributed by atoms with Crippen molar-refractivity contribution in [3.63, 3.8) is 0 Å². The van der Waals surface area contributed by atoms with Crippen LogP contribution in [0.15, 0.2) is 36.7 Å². The first kappa shape index (κ1) is 14.5. The van der Waals surface area contributed by atoms with Gasteiger partial charge in [0, 0.05) is 17.6 Å². The third kappa shape index (κ3) is 4.03. The second kappa shape index (κ2) is 6.56. The Labute approximate surface area is 127 Å². The summed E-state index contributed by atoms with van der Waals surface area (Å²) in [7, 11) is 0. The van der Waals surface area contributed by atoms with Gasteiger partial charge in [-0.2, -0.15) is 5.10 Å². The molecule has 6 heteroatoms. The number of morpholine rings is 1. The maximum atomic E-state index is 12.9. The van der Waals surface area contributed by atoms with E-state index in [2.05, 4.69) is 10.4 Å². The van der Waals surface area contributed by atoms with Crippen LogP contribution in [0.5, 0.6) is 0 Å². The van der Waals surface area contributed by atoms with Crippen LogP contribution in [0.25, 0.3) is 0 Å². The van der Waals surface area contributed by atoms with E-state index < -0.39 is 0 Å². The molecule has 1 aromatic carbocycles. The highest BCUT2D eigenvalue weighted by Gasteiger charge is 2.21. The third-order valence-electron chi connectivity index (χ3n) is 3.56. The molecule has 2 atom stereocenters. The van der Waals surface area contributed by atoms with Gasteiger partial charge in [-0.3, -0.25) is 4.68 Å². The molecule has 1 aliphatic heterocycles. The number of ether oxygens (including phenoxy) is 1. The van der Waals surface area contributed by atoms with Crippen LogP contribution in [0.1, 0.15) is 5.56 Å².